The van der Waals surface area contributed by atoms with E-state index in [1.807, 2.05) is 55.2 Å². The van der Waals surface area contributed by atoms with Gasteiger partial charge in [-0.1, -0.05) is 86.7 Å². The van der Waals surface area contributed by atoms with E-state index in [1.165, 1.54) is 29.2 Å². The largest absolute Gasteiger partial charge is 0.453 e. The van der Waals surface area contributed by atoms with Gasteiger partial charge in [-0.2, -0.15) is 0 Å². The molecule has 0 bridgehead atoms. The molecule has 7 aromatic rings. The van der Waals surface area contributed by atoms with Crippen LogP contribution in [0.15, 0.2) is 102 Å². The summed E-state index contributed by atoms with van der Waals surface area (Å²) in [6, 6.07) is 21.5. The minimum absolute atomic E-state index is 0.112. The fraction of sp³-hybridized carbons (Fsp3) is 0.277. The van der Waals surface area contributed by atoms with Gasteiger partial charge in [-0.15, -0.1) is 22.7 Å². The molecule has 9 rings (SSSR count). The number of fused-ring (bicyclic) bond motifs is 2. The number of alkyl carbamates (subject to hydrolysis) is 2. The van der Waals surface area contributed by atoms with E-state index in [2.05, 4.69) is 72.7 Å². The fourth-order valence-electron chi connectivity index (χ4n) is 8.49. The molecule has 4 N–H and O–H groups in total. The van der Waals surface area contributed by atoms with E-state index in [1.54, 1.807) is 45.9 Å². The monoisotopic (exact) mass is 882 g/mol. The summed E-state index contributed by atoms with van der Waals surface area (Å²) in [5.74, 6) is 0.845. The van der Waals surface area contributed by atoms with Gasteiger partial charge in [0, 0.05) is 35.0 Å². The number of thiophene rings is 2. The molecule has 6 heterocycles. The van der Waals surface area contributed by atoms with Crippen LogP contribution in [0.25, 0.3) is 53.9 Å². The van der Waals surface area contributed by atoms with Crippen molar-refractivity contribution in [2.45, 2.75) is 50.9 Å². The molecule has 14 nitrogen and oxygen atoms in total. The number of carbonyl (C=O) groups excluding carboxylic acids is 4. The molecule has 4 aromatic heterocycles. The number of methoxy groups -OCH3 is 2. The van der Waals surface area contributed by atoms with Crippen LogP contribution in [0.2, 0.25) is 0 Å². The average Bonchev–Trinajstić information content (AvgIpc) is 4.17. The number of hydrogen-bond donors (Lipinski definition) is 4. The Morgan fingerprint density at radius 3 is 2.19 bits per heavy atom. The Hall–Kier alpha value is -6.78. The summed E-state index contributed by atoms with van der Waals surface area (Å²) in [5, 5.41) is 9.83. The van der Waals surface area contributed by atoms with Crippen molar-refractivity contribution in [3.05, 3.63) is 119 Å². The number of hydrogen-bond acceptors (Lipinski definition) is 10. The van der Waals surface area contributed by atoms with Crippen LogP contribution in [0, 0.1) is 5.92 Å². The number of aromatic nitrogens is 4. The summed E-state index contributed by atoms with van der Waals surface area (Å²) in [5.41, 5.74) is 8.67. The van der Waals surface area contributed by atoms with Gasteiger partial charge in [0.2, 0.25) is 5.91 Å². The lowest BCUT2D eigenvalue weighted by Crippen LogP contribution is -2.51. The summed E-state index contributed by atoms with van der Waals surface area (Å²) in [6.07, 6.45) is 5.97. The van der Waals surface area contributed by atoms with Crippen LogP contribution in [0.1, 0.15) is 62.0 Å². The van der Waals surface area contributed by atoms with E-state index in [9.17, 15) is 19.2 Å². The number of nitrogens with zero attached hydrogens (tertiary/aromatic N) is 4. The number of H-pyrrole nitrogens is 2. The first-order valence-corrected chi connectivity index (χ1v) is 22.5. The van der Waals surface area contributed by atoms with Crippen LogP contribution >= 0.6 is 22.7 Å². The van der Waals surface area contributed by atoms with Crippen LogP contribution in [-0.4, -0.2) is 87.1 Å². The highest BCUT2D eigenvalue weighted by Crippen LogP contribution is 2.45. The van der Waals surface area contributed by atoms with Crippen molar-refractivity contribution in [2.75, 3.05) is 27.3 Å². The van der Waals surface area contributed by atoms with Crippen LogP contribution in [0.4, 0.5) is 9.59 Å². The van der Waals surface area contributed by atoms with Gasteiger partial charge in [0.1, 0.15) is 29.8 Å². The highest BCUT2D eigenvalue weighted by molar-refractivity contribution is 7.27. The third kappa shape index (κ3) is 8.07. The van der Waals surface area contributed by atoms with E-state index in [-0.39, 0.29) is 23.8 Å². The van der Waals surface area contributed by atoms with Crippen molar-refractivity contribution in [2.24, 2.45) is 5.92 Å². The van der Waals surface area contributed by atoms with Crippen LogP contribution < -0.4 is 10.6 Å². The smallest absolute Gasteiger partial charge is 0.407 e. The molecule has 63 heavy (non-hydrogen) atoms. The van der Waals surface area contributed by atoms with Crippen molar-refractivity contribution in [1.29, 1.82) is 0 Å². The Morgan fingerprint density at radius 2 is 1.48 bits per heavy atom. The summed E-state index contributed by atoms with van der Waals surface area (Å²) in [7, 11) is 2.57. The zero-order valence-corrected chi connectivity index (χ0v) is 36.7. The number of imidazole rings is 2. The van der Waals surface area contributed by atoms with E-state index in [0.29, 0.717) is 24.5 Å². The number of aromatic amines is 2. The Kier molecular flexibility index (Phi) is 11.6. The maximum Gasteiger partial charge on any atom is 0.407 e. The molecule has 16 heteroatoms. The molecule has 1 saturated heterocycles. The normalized spacial score (nSPS) is 17.1. The van der Waals surface area contributed by atoms with E-state index >= 15 is 0 Å². The minimum Gasteiger partial charge on any atom is -0.453 e. The summed E-state index contributed by atoms with van der Waals surface area (Å²) >= 11 is 3.45. The quantitative estimate of drug-likeness (QED) is 0.0931. The van der Waals surface area contributed by atoms with Crippen molar-refractivity contribution >= 4 is 67.1 Å². The number of likely N-dealkylation sites (tertiary alicyclic amines) is 1. The molecule has 1 fully saturated rings. The predicted octanol–water partition coefficient (Wildman–Crippen LogP) is 9.14. The molecule has 0 radical (unpaired) electrons. The molecule has 322 valence electrons. The molecule has 2 aliphatic rings. The Labute approximate surface area is 371 Å². The van der Waals surface area contributed by atoms with Crippen molar-refractivity contribution in [3.63, 3.8) is 0 Å². The van der Waals surface area contributed by atoms with Crippen molar-refractivity contribution in [1.82, 2.24) is 40.4 Å². The van der Waals surface area contributed by atoms with Gasteiger partial charge in [0.15, 0.2) is 0 Å². The summed E-state index contributed by atoms with van der Waals surface area (Å²) < 4.78 is 12.0. The van der Waals surface area contributed by atoms with Gasteiger partial charge in [-0.25, -0.2) is 19.6 Å². The first kappa shape index (κ1) is 41.6. The highest BCUT2D eigenvalue weighted by Gasteiger charge is 2.38. The minimum atomic E-state index is -0.920. The SMILES string of the molecule is COC(=O)N[C@H](C(=O)N1CCCC1c1nc2ccc(-c3csc4c(-c5ccc(-c6cnc(C7C=CCN7C(=O)[C@H](NC(=O)OC)c7ccccc7)[nH]6)cc5)csc34)cc2[nH]1)C(C)C. The molecule has 0 spiro atoms. The maximum atomic E-state index is 13.9. The Morgan fingerprint density at radius 1 is 0.794 bits per heavy atom. The lowest BCUT2D eigenvalue weighted by molar-refractivity contribution is -0.135. The Balaban J connectivity index is 0.906. The number of benzene rings is 3. The zero-order chi connectivity index (χ0) is 43.8. The second kappa shape index (κ2) is 17.5. The summed E-state index contributed by atoms with van der Waals surface area (Å²) in [6.45, 7) is 4.78. The molecule has 0 saturated carbocycles. The summed E-state index contributed by atoms with van der Waals surface area (Å²) in [4.78, 5) is 72.0. The van der Waals surface area contributed by atoms with Crippen molar-refractivity contribution < 1.29 is 28.7 Å². The number of carbonyl (C=O) groups is 4. The second-order valence-electron chi connectivity index (χ2n) is 16.0. The third-order valence-corrected chi connectivity index (χ3v) is 13.9. The number of nitrogens with one attached hydrogen (secondary N) is 4. The van der Waals surface area contributed by atoms with Gasteiger partial charge >= 0.3 is 12.2 Å². The van der Waals surface area contributed by atoms with Gasteiger partial charge in [0.25, 0.3) is 5.91 Å². The number of rotatable bonds is 11. The van der Waals surface area contributed by atoms with Gasteiger partial charge < -0.3 is 39.9 Å². The molecule has 4 atom stereocenters. The average molecular weight is 883 g/mol. The standard InChI is InChI=1S/C47H46N8O6S2/c1-26(2)38(52-46(58)60-3)44(56)55-21-9-13-37(55)43-49-33-19-18-30(22-34(33)50-43)32-25-63-40-31(24-62-41(32)40)27-14-16-28(17-15-27)35-23-48-42(51-35)36-12-8-20-54(36)45(57)39(53-47(59)61-4)29-10-6-5-7-11-29/h5-8,10-12,14-19,22-26,36-39H,9,13,20-21H2,1-4H3,(H,48,51)(H,49,50)(H,52,58)(H,53,59)/t36?,37?,38-,39+/m0/s1. The predicted molar refractivity (Wildman–Crippen MR) is 244 cm³/mol. The topological polar surface area (TPSA) is 175 Å². The lowest BCUT2D eigenvalue weighted by atomic mass is 10.0. The third-order valence-electron chi connectivity index (χ3n) is 11.8. The molecule has 2 unspecified atom stereocenters. The van der Waals surface area contributed by atoms with Crippen LogP contribution in [0.5, 0.6) is 0 Å². The molecular weight excluding hydrogens is 837 g/mol. The molecule has 2 aliphatic heterocycles. The Bertz CT molecular complexity index is 2840. The molecular formula is C47H46N8O6S2. The van der Waals surface area contributed by atoms with E-state index in [0.717, 1.165) is 57.6 Å². The highest BCUT2D eigenvalue weighted by atomic mass is 32.1. The van der Waals surface area contributed by atoms with E-state index < -0.39 is 30.3 Å². The van der Waals surface area contributed by atoms with Gasteiger partial charge in [-0.05, 0) is 53.1 Å². The van der Waals surface area contributed by atoms with Crippen molar-refractivity contribution in [3.8, 4) is 33.5 Å². The number of amides is 4. The van der Waals surface area contributed by atoms with E-state index in [4.69, 9.17) is 14.5 Å². The maximum absolute atomic E-state index is 13.9. The van der Waals surface area contributed by atoms with Gasteiger partial charge in [0.05, 0.1) is 52.6 Å². The molecule has 4 amide bonds. The van der Waals surface area contributed by atoms with Gasteiger partial charge in [-0.3, -0.25) is 9.59 Å². The van der Waals surface area contributed by atoms with Crippen LogP contribution in [0.3, 0.4) is 0 Å². The molecule has 0 aliphatic carbocycles. The fourth-order valence-corrected chi connectivity index (χ4v) is 11.0. The first-order chi connectivity index (χ1) is 30.6. The van der Waals surface area contributed by atoms with Crippen LogP contribution in [-0.2, 0) is 19.1 Å². The zero-order valence-electron chi connectivity index (χ0n) is 35.1. The molecule has 3 aromatic carbocycles. The second-order valence-corrected chi connectivity index (χ2v) is 17.7. The lowest BCUT2D eigenvalue weighted by Gasteiger charge is -2.29. The number of ether oxygens (including phenoxy) is 2. The first-order valence-electron chi connectivity index (χ1n) is 20.8.